The summed E-state index contributed by atoms with van der Waals surface area (Å²) in [7, 11) is 0. The molecule has 2 atom stereocenters. The number of halogens is 1. The second-order valence-electron chi connectivity index (χ2n) is 8.11. The Kier molecular flexibility index (Phi) is 6.88. The van der Waals surface area contributed by atoms with E-state index in [2.05, 4.69) is 26.9 Å². The van der Waals surface area contributed by atoms with Crippen LogP contribution in [0.3, 0.4) is 0 Å². The predicted molar refractivity (Wildman–Crippen MR) is 123 cm³/mol. The summed E-state index contributed by atoms with van der Waals surface area (Å²) in [4.78, 5) is 17.6. The van der Waals surface area contributed by atoms with Crippen LogP contribution in [0.15, 0.2) is 29.4 Å². The highest BCUT2D eigenvalue weighted by Crippen LogP contribution is 2.34. The maximum atomic E-state index is 13.3. The van der Waals surface area contributed by atoms with Gasteiger partial charge >= 0.3 is 0 Å². The van der Waals surface area contributed by atoms with Gasteiger partial charge in [0.15, 0.2) is 5.16 Å². The van der Waals surface area contributed by atoms with Crippen molar-refractivity contribution in [2.75, 3.05) is 24.5 Å². The highest BCUT2D eigenvalue weighted by molar-refractivity contribution is 8.00. The lowest BCUT2D eigenvalue weighted by atomic mass is 10.00. The molecule has 0 saturated carbocycles. The van der Waals surface area contributed by atoms with E-state index < -0.39 is 0 Å². The molecule has 0 spiro atoms. The number of carbonyl (C=O) groups is 1. The molecular weight excluding hydrogens is 418 g/mol. The van der Waals surface area contributed by atoms with E-state index in [0.717, 1.165) is 68.5 Å². The van der Waals surface area contributed by atoms with Crippen LogP contribution in [0.25, 0.3) is 5.69 Å². The number of carbonyl (C=O) groups excluding carboxylic acids is 1. The number of aromatic nitrogens is 3. The molecule has 2 aliphatic rings. The number of nitrogens with zero attached hydrogens (tertiary/aromatic N) is 5. The van der Waals surface area contributed by atoms with Crippen LogP contribution in [0.4, 0.5) is 5.95 Å². The number of thioether (sulfide) groups is 1. The van der Waals surface area contributed by atoms with Crippen LogP contribution in [0.2, 0.25) is 5.02 Å². The lowest BCUT2D eigenvalue weighted by Gasteiger charge is -2.36. The number of para-hydroxylation sites is 1. The summed E-state index contributed by atoms with van der Waals surface area (Å²) in [6, 6.07) is 8.12. The summed E-state index contributed by atoms with van der Waals surface area (Å²) >= 11 is 8.03. The average Bonchev–Trinajstić information content (AvgIpc) is 3.43. The number of hydrogen-bond acceptors (Lipinski definition) is 5. The van der Waals surface area contributed by atoms with Crippen molar-refractivity contribution in [2.24, 2.45) is 0 Å². The predicted octanol–water partition coefficient (Wildman–Crippen LogP) is 4.79. The highest BCUT2D eigenvalue weighted by atomic mass is 35.5. The first kappa shape index (κ1) is 21.5. The van der Waals surface area contributed by atoms with Crippen LogP contribution >= 0.6 is 23.4 Å². The SMILES string of the molecule is CCC1CCCCN1C(=O)C(C)Sc1nnc(N2CCCC2)n1-c1ccccc1Cl. The van der Waals surface area contributed by atoms with Gasteiger partial charge in [-0.25, -0.2) is 0 Å². The monoisotopic (exact) mass is 447 g/mol. The Morgan fingerprint density at radius 2 is 1.90 bits per heavy atom. The first-order chi connectivity index (χ1) is 14.6. The van der Waals surface area contributed by atoms with Crippen LogP contribution < -0.4 is 4.90 Å². The molecule has 4 rings (SSSR count). The molecule has 0 aliphatic carbocycles. The van der Waals surface area contributed by atoms with Crippen LogP contribution in [0.5, 0.6) is 0 Å². The molecule has 1 amide bonds. The van der Waals surface area contributed by atoms with E-state index in [1.165, 1.54) is 18.2 Å². The molecule has 3 heterocycles. The third-order valence-corrected chi connectivity index (χ3v) is 7.46. The minimum Gasteiger partial charge on any atom is -0.341 e. The molecule has 1 aromatic heterocycles. The smallest absolute Gasteiger partial charge is 0.236 e. The van der Waals surface area contributed by atoms with Crippen molar-refractivity contribution in [3.8, 4) is 5.69 Å². The number of anilines is 1. The molecule has 0 bridgehead atoms. The van der Waals surface area contributed by atoms with E-state index in [0.29, 0.717) is 11.1 Å². The van der Waals surface area contributed by atoms with E-state index in [1.54, 1.807) is 0 Å². The summed E-state index contributed by atoms with van der Waals surface area (Å²) in [6.07, 6.45) is 6.73. The molecule has 8 heteroatoms. The number of amides is 1. The summed E-state index contributed by atoms with van der Waals surface area (Å²) in [5.41, 5.74) is 0.859. The number of benzene rings is 1. The second kappa shape index (κ2) is 9.60. The van der Waals surface area contributed by atoms with Crippen LogP contribution in [0.1, 0.15) is 52.4 Å². The normalized spacial score (nSPS) is 20.6. The molecule has 2 aliphatic heterocycles. The third-order valence-electron chi connectivity index (χ3n) is 6.11. The number of hydrogen-bond donors (Lipinski definition) is 0. The molecule has 2 aromatic rings. The minimum atomic E-state index is -0.228. The second-order valence-corrected chi connectivity index (χ2v) is 9.83. The fourth-order valence-electron chi connectivity index (χ4n) is 4.46. The van der Waals surface area contributed by atoms with Gasteiger partial charge in [0.1, 0.15) is 0 Å². The Balaban J connectivity index is 1.62. The number of rotatable bonds is 6. The highest BCUT2D eigenvalue weighted by Gasteiger charge is 2.31. The topological polar surface area (TPSA) is 54.3 Å². The van der Waals surface area contributed by atoms with Crippen molar-refractivity contribution in [3.63, 3.8) is 0 Å². The molecule has 2 saturated heterocycles. The fraction of sp³-hybridized carbons (Fsp3) is 0.591. The van der Waals surface area contributed by atoms with E-state index in [1.807, 2.05) is 35.8 Å². The van der Waals surface area contributed by atoms with E-state index in [4.69, 9.17) is 11.6 Å². The van der Waals surface area contributed by atoms with Crippen LogP contribution in [-0.4, -0.2) is 56.5 Å². The molecule has 30 heavy (non-hydrogen) atoms. The molecule has 0 N–H and O–H groups in total. The van der Waals surface area contributed by atoms with Gasteiger partial charge in [-0.15, -0.1) is 10.2 Å². The van der Waals surface area contributed by atoms with E-state index in [-0.39, 0.29) is 11.2 Å². The quantitative estimate of drug-likeness (QED) is 0.595. The maximum absolute atomic E-state index is 13.3. The molecule has 6 nitrogen and oxygen atoms in total. The van der Waals surface area contributed by atoms with Gasteiger partial charge in [-0.2, -0.15) is 0 Å². The summed E-state index contributed by atoms with van der Waals surface area (Å²) < 4.78 is 2.02. The Labute approximate surface area is 188 Å². The van der Waals surface area contributed by atoms with Crippen molar-refractivity contribution >= 4 is 35.2 Å². The minimum absolute atomic E-state index is 0.197. The van der Waals surface area contributed by atoms with Crippen molar-refractivity contribution in [3.05, 3.63) is 29.3 Å². The lowest BCUT2D eigenvalue weighted by Crippen LogP contribution is -2.46. The number of likely N-dealkylation sites (tertiary alicyclic amines) is 1. The summed E-state index contributed by atoms with van der Waals surface area (Å²) in [6.45, 7) is 6.94. The van der Waals surface area contributed by atoms with Crippen molar-refractivity contribution < 1.29 is 4.79 Å². The molecule has 0 radical (unpaired) electrons. The first-order valence-corrected chi connectivity index (χ1v) is 12.3. The Morgan fingerprint density at radius 1 is 1.17 bits per heavy atom. The fourth-order valence-corrected chi connectivity index (χ4v) is 5.61. The number of piperidine rings is 1. The molecular formula is C22H30ClN5OS. The van der Waals surface area contributed by atoms with Gasteiger partial charge in [0.05, 0.1) is 16.0 Å². The lowest BCUT2D eigenvalue weighted by molar-refractivity contribution is -0.134. The zero-order chi connectivity index (χ0) is 21.1. The van der Waals surface area contributed by atoms with Crippen LogP contribution in [-0.2, 0) is 4.79 Å². The molecule has 2 unspecified atom stereocenters. The summed E-state index contributed by atoms with van der Waals surface area (Å²) in [5, 5.41) is 10.1. The van der Waals surface area contributed by atoms with Gasteiger partial charge in [-0.05, 0) is 57.6 Å². The van der Waals surface area contributed by atoms with E-state index in [9.17, 15) is 4.79 Å². The third kappa shape index (κ3) is 4.33. The Hall–Kier alpha value is -1.73. The van der Waals surface area contributed by atoms with Crippen molar-refractivity contribution in [1.29, 1.82) is 0 Å². The summed E-state index contributed by atoms with van der Waals surface area (Å²) in [5.74, 6) is 1.01. The Morgan fingerprint density at radius 3 is 2.63 bits per heavy atom. The zero-order valence-electron chi connectivity index (χ0n) is 17.8. The maximum Gasteiger partial charge on any atom is 0.236 e. The first-order valence-electron chi connectivity index (χ1n) is 11.0. The van der Waals surface area contributed by atoms with Gasteiger partial charge in [0, 0.05) is 25.7 Å². The molecule has 162 valence electrons. The van der Waals surface area contributed by atoms with E-state index >= 15 is 0 Å². The van der Waals surface area contributed by atoms with Gasteiger partial charge in [-0.3, -0.25) is 9.36 Å². The average molecular weight is 448 g/mol. The van der Waals surface area contributed by atoms with Crippen molar-refractivity contribution in [2.45, 2.75) is 68.8 Å². The van der Waals surface area contributed by atoms with Crippen molar-refractivity contribution in [1.82, 2.24) is 19.7 Å². The van der Waals surface area contributed by atoms with Gasteiger partial charge in [0.2, 0.25) is 11.9 Å². The molecule has 2 fully saturated rings. The molecule has 1 aromatic carbocycles. The van der Waals surface area contributed by atoms with Crippen LogP contribution in [0, 0.1) is 0 Å². The largest absolute Gasteiger partial charge is 0.341 e. The standard InChI is InChI=1S/C22H30ClN5OS/c1-3-17-10-6-7-15-27(17)20(29)16(2)30-22-25-24-21(26-13-8-9-14-26)28(22)19-12-5-4-11-18(19)23/h4-5,11-12,16-17H,3,6-10,13-15H2,1-2H3. The van der Waals surface area contributed by atoms with Gasteiger partial charge in [-0.1, -0.05) is 42.4 Å². The zero-order valence-corrected chi connectivity index (χ0v) is 19.3. The Bertz CT molecular complexity index is 882. The van der Waals surface area contributed by atoms with Gasteiger partial charge in [0.25, 0.3) is 0 Å². The van der Waals surface area contributed by atoms with Gasteiger partial charge < -0.3 is 9.80 Å².